The van der Waals surface area contributed by atoms with Crippen LogP contribution in [0.4, 0.5) is 0 Å². The lowest BCUT2D eigenvalue weighted by Crippen LogP contribution is -2.31. The van der Waals surface area contributed by atoms with Crippen LogP contribution >= 0.6 is 0 Å². The van der Waals surface area contributed by atoms with Crippen molar-refractivity contribution in [1.29, 1.82) is 0 Å². The highest BCUT2D eigenvalue weighted by Gasteiger charge is 2.19. The van der Waals surface area contributed by atoms with Gasteiger partial charge in [-0.05, 0) is 30.3 Å². The molecule has 1 aliphatic rings. The molecule has 3 N–H and O–H groups in total. The van der Waals surface area contributed by atoms with Crippen LogP contribution in [-0.4, -0.2) is 19.6 Å². The molecule has 1 aromatic carbocycles. The van der Waals surface area contributed by atoms with E-state index >= 15 is 0 Å². The fraction of sp³-hybridized carbons (Fsp3) is 0.364. The van der Waals surface area contributed by atoms with Gasteiger partial charge in [-0.15, -0.1) is 0 Å². The molecule has 0 saturated heterocycles. The zero-order chi connectivity index (χ0) is 10.8. The number of benzene rings is 1. The van der Waals surface area contributed by atoms with E-state index in [1.807, 2.05) is 18.2 Å². The zero-order valence-corrected chi connectivity index (χ0v) is 8.62. The number of carbonyl (C=O) groups excluding carboxylic acids is 1. The standard InChI is InChI=1S/C11H14N2O2/c1-13-10(11(12)14)8-2-3-9-7(6-8)4-5-15-9/h2-3,6,10,13H,4-5H2,1H3,(H2,12,14). The van der Waals surface area contributed by atoms with E-state index in [9.17, 15) is 4.79 Å². The largest absolute Gasteiger partial charge is 0.493 e. The van der Waals surface area contributed by atoms with Crippen molar-refractivity contribution in [1.82, 2.24) is 5.32 Å². The minimum Gasteiger partial charge on any atom is -0.493 e. The molecule has 0 spiro atoms. The summed E-state index contributed by atoms with van der Waals surface area (Å²) in [4.78, 5) is 11.2. The molecule has 4 heteroatoms. The van der Waals surface area contributed by atoms with E-state index in [4.69, 9.17) is 10.5 Å². The van der Waals surface area contributed by atoms with Crippen LogP contribution in [0.5, 0.6) is 5.75 Å². The number of ether oxygens (including phenoxy) is 1. The lowest BCUT2D eigenvalue weighted by atomic mass is 10.0. The summed E-state index contributed by atoms with van der Waals surface area (Å²) in [7, 11) is 1.72. The molecule has 0 saturated carbocycles. The first-order valence-electron chi connectivity index (χ1n) is 4.94. The van der Waals surface area contributed by atoms with Crippen molar-refractivity contribution in [2.45, 2.75) is 12.5 Å². The number of carbonyl (C=O) groups is 1. The molecule has 2 rings (SSSR count). The SMILES string of the molecule is CNC(C(N)=O)c1ccc2c(c1)CCO2. The van der Waals surface area contributed by atoms with Gasteiger partial charge in [-0.3, -0.25) is 4.79 Å². The number of amides is 1. The molecule has 0 aliphatic carbocycles. The molecule has 80 valence electrons. The van der Waals surface area contributed by atoms with Gasteiger partial charge in [0.05, 0.1) is 6.61 Å². The summed E-state index contributed by atoms with van der Waals surface area (Å²) in [5, 5.41) is 2.89. The minimum atomic E-state index is -0.420. The van der Waals surface area contributed by atoms with Gasteiger partial charge in [-0.1, -0.05) is 6.07 Å². The summed E-state index contributed by atoms with van der Waals surface area (Å²) in [5.41, 5.74) is 7.34. The quantitative estimate of drug-likeness (QED) is 0.751. The summed E-state index contributed by atoms with van der Waals surface area (Å²) in [5.74, 6) is 0.550. The number of primary amides is 1. The second-order valence-corrected chi connectivity index (χ2v) is 3.59. The molecule has 1 heterocycles. The van der Waals surface area contributed by atoms with Crippen LogP contribution in [0.2, 0.25) is 0 Å². The number of hydrogen-bond donors (Lipinski definition) is 2. The van der Waals surface area contributed by atoms with Crippen molar-refractivity contribution in [3.8, 4) is 5.75 Å². The average molecular weight is 206 g/mol. The predicted octanol–water partition coefficient (Wildman–Crippen LogP) is 0.367. The van der Waals surface area contributed by atoms with Crippen LogP contribution in [0.3, 0.4) is 0 Å². The monoisotopic (exact) mass is 206 g/mol. The highest BCUT2D eigenvalue weighted by molar-refractivity contribution is 5.81. The van der Waals surface area contributed by atoms with Crippen LogP contribution in [0.15, 0.2) is 18.2 Å². The Kier molecular flexibility index (Phi) is 2.60. The van der Waals surface area contributed by atoms with Gasteiger partial charge in [0, 0.05) is 6.42 Å². The lowest BCUT2D eigenvalue weighted by molar-refractivity contribution is -0.120. The second-order valence-electron chi connectivity index (χ2n) is 3.59. The average Bonchev–Trinajstić information content (AvgIpc) is 2.65. The Balaban J connectivity index is 2.32. The van der Waals surface area contributed by atoms with Crippen molar-refractivity contribution >= 4 is 5.91 Å². The van der Waals surface area contributed by atoms with E-state index in [2.05, 4.69) is 5.32 Å². The van der Waals surface area contributed by atoms with Gasteiger partial charge in [-0.2, -0.15) is 0 Å². The molecule has 4 nitrogen and oxygen atoms in total. The van der Waals surface area contributed by atoms with E-state index in [1.165, 1.54) is 0 Å². The number of hydrogen-bond acceptors (Lipinski definition) is 3. The third-order valence-corrected chi connectivity index (χ3v) is 2.62. The first-order valence-corrected chi connectivity index (χ1v) is 4.94. The molecule has 1 unspecified atom stereocenters. The molecule has 0 aromatic heterocycles. The third kappa shape index (κ3) is 1.80. The van der Waals surface area contributed by atoms with Crippen molar-refractivity contribution in [3.05, 3.63) is 29.3 Å². The normalized spacial score (nSPS) is 15.5. The van der Waals surface area contributed by atoms with Gasteiger partial charge in [0.2, 0.25) is 5.91 Å². The van der Waals surface area contributed by atoms with Crippen LogP contribution in [0.25, 0.3) is 0 Å². The number of nitrogens with two attached hydrogens (primary N) is 1. The highest BCUT2D eigenvalue weighted by Crippen LogP contribution is 2.27. The molecule has 1 aromatic rings. The van der Waals surface area contributed by atoms with E-state index in [-0.39, 0.29) is 5.91 Å². The molecule has 1 aliphatic heterocycles. The number of rotatable bonds is 3. The smallest absolute Gasteiger partial charge is 0.239 e. The van der Waals surface area contributed by atoms with Crippen molar-refractivity contribution < 1.29 is 9.53 Å². The number of nitrogens with one attached hydrogen (secondary N) is 1. The topological polar surface area (TPSA) is 64.3 Å². The Morgan fingerprint density at radius 1 is 1.60 bits per heavy atom. The van der Waals surface area contributed by atoms with Gasteiger partial charge in [0.1, 0.15) is 11.8 Å². The van der Waals surface area contributed by atoms with Gasteiger partial charge in [0.15, 0.2) is 0 Å². The number of fused-ring (bicyclic) bond motifs is 1. The summed E-state index contributed by atoms with van der Waals surface area (Å²) < 4.78 is 5.39. The number of likely N-dealkylation sites (N-methyl/N-ethyl adjacent to an activating group) is 1. The van der Waals surface area contributed by atoms with Crippen molar-refractivity contribution in [2.75, 3.05) is 13.7 Å². The molecule has 0 radical (unpaired) electrons. The van der Waals surface area contributed by atoms with E-state index in [0.29, 0.717) is 0 Å². The van der Waals surface area contributed by atoms with Crippen molar-refractivity contribution in [2.24, 2.45) is 5.73 Å². The summed E-state index contributed by atoms with van der Waals surface area (Å²) in [6.45, 7) is 0.722. The van der Waals surface area contributed by atoms with Gasteiger partial charge < -0.3 is 15.8 Å². The third-order valence-electron chi connectivity index (χ3n) is 2.62. The Hall–Kier alpha value is -1.55. The Bertz CT molecular complexity index is 390. The van der Waals surface area contributed by atoms with Gasteiger partial charge >= 0.3 is 0 Å². The maximum Gasteiger partial charge on any atom is 0.239 e. The summed E-state index contributed by atoms with van der Waals surface area (Å²) in [6.07, 6.45) is 0.901. The van der Waals surface area contributed by atoms with Gasteiger partial charge in [-0.25, -0.2) is 0 Å². The van der Waals surface area contributed by atoms with Crippen LogP contribution in [-0.2, 0) is 11.2 Å². The molecular formula is C11H14N2O2. The Morgan fingerprint density at radius 3 is 3.07 bits per heavy atom. The molecular weight excluding hydrogens is 192 g/mol. The van der Waals surface area contributed by atoms with Crippen LogP contribution in [0, 0.1) is 0 Å². The highest BCUT2D eigenvalue weighted by atomic mass is 16.5. The fourth-order valence-corrected chi connectivity index (χ4v) is 1.86. The van der Waals surface area contributed by atoms with Crippen LogP contribution in [0.1, 0.15) is 17.2 Å². The summed E-state index contributed by atoms with van der Waals surface area (Å²) in [6, 6.07) is 5.32. The Morgan fingerprint density at radius 2 is 2.40 bits per heavy atom. The van der Waals surface area contributed by atoms with E-state index in [1.54, 1.807) is 7.05 Å². The second kappa shape index (κ2) is 3.90. The first kappa shape index (κ1) is 9.98. The maximum atomic E-state index is 11.2. The predicted molar refractivity (Wildman–Crippen MR) is 56.6 cm³/mol. The Labute approximate surface area is 88.4 Å². The molecule has 1 atom stereocenters. The minimum absolute atomic E-state index is 0.364. The van der Waals surface area contributed by atoms with E-state index in [0.717, 1.165) is 29.9 Å². The van der Waals surface area contributed by atoms with Crippen molar-refractivity contribution in [3.63, 3.8) is 0 Å². The van der Waals surface area contributed by atoms with Gasteiger partial charge in [0.25, 0.3) is 0 Å². The molecule has 1 amide bonds. The molecule has 0 bridgehead atoms. The van der Waals surface area contributed by atoms with E-state index < -0.39 is 6.04 Å². The first-order chi connectivity index (χ1) is 7.22. The fourth-order valence-electron chi connectivity index (χ4n) is 1.86. The molecule has 15 heavy (non-hydrogen) atoms. The molecule has 0 fully saturated rings. The zero-order valence-electron chi connectivity index (χ0n) is 8.62. The summed E-state index contributed by atoms with van der Waals surface area (Å²) >= 11 is 0. The van der Waals surface area contributed by atoms with Crippen LogP contribution < -0.4 is 15.8 Å². The maximum absolute atomic E-state index is 11.2. The lowest BCUT2D eigenvalue weighted by Gasteiger charge is -2.13.